The van der Waals surface area contributed by atoms with Crippen molar-refractivity contribution in [3.8, 4) is 11.5 Å². The van der Waals surface area contributed by atoms with Crippen molar-refractivity contribution >= 4 is 16.6 Å². The average molecular weight is 365 g/mol. The summed E-state index contributed by atoms with van der Waals surface area (Å²) in [5, 5.41) is 4.06. The summed E-state index contributed by atoms with van der Waals surface area (Å²) in [4.78, 5) is 22.2. The lowest BCUT2D eigenvalue weighted by Gasteiger charge is -2.12. The number of fused-ring (bicyclic) bond motifs is 3. The van der Waals surface area contributed by atoms with Crippen LogP contribution in [0.5, 0.6) is 0 Å². The van der Waals surface area contributed by atoms with Gasteiger partial charge in [0, 0.05) is 19.1 Å². The molecule has 0 radical (unpaired) electrons. The first-order chi connectivity index (χ1) is 13.3. The van der Waals surface area contributed by atoms with Crippen molar-refractivity contribution in [3.63, 3.8) is 0 Å². The second-order valence-corrected chi connectivity index (χ2v) is 6.68. The van der Waals surface area contributed by atoms with Crippen LogP contribution in [-0.4, -0.2) is 37.3 Å². The van der Waals surface area contributed by atoms with E-state index in [1.807, 2.05) is 31.2 Å². The van der Waals surface area contributed by atoms with Crippen LogP contribution in [0.1, 0.15) is 31.6 Å². The Morgan fingerprint density at radius 2 is 2.07 bits per heavy atom. The molecule has 0 N–H and O–H groups in total. The average Bonchev–Trinajstić information content (AvgIpc) is 3.25. The summed E-state index contributed by atoms with van der Waals surface area (Å²) in [5.74, 6) is 1.34. The first kappa shape index (κ1) is 16.2. The quantitative estimate of drug-likeness (QED) is 0.488. The van der Waals surface area contributed by atoms with Crippen LogP contribution in [0.4, 0.5) is 0 Å². The van der Waals surface area contributed by atoms with Crippen LogP contribution >= 0.6 is 0 Å². The van der Waals surface area contributed by atoms with E-state index in [4.69, 9.17) is 9.26 Å². The molecule has 138 valence electrons. The molecule has 0 unspecified atom stereocenters. The van der Waals surface area contributed by atoms with E-state index >= 15 is 0 Å². The third kappa shape index (κ3) is 2.64. The lowest BCUT2D eigenvalue weighted by molar-refractivity contribution is 0.139. The van der Waals surface area contributed by atoms with E-state index in [0.717, 1.165) is 23.9 Å². The number of nitrogens with zero attached hydrogens (tertiary/aromatic N) is 5. The van der Waals surface area contributed by atoms with Gasteiger partial charge >= 0.3 is 0 Å². The Hall–Kier alpha value is -3.00. The number of hydrogen-bond donors (Lipinski definition) is 0. The highest BCUT2D eigenvalue weighted by atomic mass is 16.5. The summed E-state index contributed by atoms with van der Waals surface area (Å²) in [5.41, 5.74) is 2.50. The standard InChI is InChI=1S/C19H19N5O3/c1-2-26-10-9-23-13-5-3-4-6-14(13)24-11-20-15(16(24)19(23)25)17-21-18(27-22-17)12-7-8-12/h3-6,11-12H,2,7-10H2,1H3. The van der Waals surface area contributed by atoms with Gasteiger partial charge in [-0.25, -0.2) is 4.98 Å². The van der Waals surface area contributed by atoms with E-state index < -0.39 is 0 Å². The number of hydrogen-bond acceptors (Lipinski definition) is 6. The summed E-state index contributed by atoms with van der Waals surface area (Å²) in [6, 6.07) is 7.76. The maximum Gasteiger partial charge on any atom is 0.277 e. The minimum Gasteiger partial charge on any atom is -0.380 e. The van der Waals surface area contributed by atoms with E-state index in [-0.39, 0.29) is 5.56 Å². The zero-order valence-electron chi connectivity index (χ0n) is 15.0. The van der Waals surface area contributed by atoms with Crippen molar-refractivity contribution < 1.29 is 9.26 Å². The van der Waals surface area contributed by atoms with Crippen LogP contribution in [0, 0.1) is 0 Å². The van der Waals surface area contributed by atoms with E-state index in [0.29, 0.717) is 48.6 Å². The van der Waals surface area contributed by atoms with Crippen molar-refractivity contribution in [2.24, 2.45) is 0 Å². The van der Waals surface area contributed by atoms with Crippen molar-refractivity contribution in [2.45, 2.75) is 32.2 Å². The Morgan fingerprint density at radius 3 is 2.85 bits per heavy atom. The zero-order chi connectivity index (χ0) is 18.4. The van der Waals surface area contributed by atoms with Gasteiger partial charge in [0.25, 0.3) is 5.56 Å². The van der Waals surface area contributed by atoms with Crippen molar-refractivity contribution in [1.29, 1.82) is 0 Å². The highest BCUT2D eigenvalue weighted by molar-refractivity contribution is 5.83. The van der Waals surface area contributed by atoms with Gasteiger partial charge in [0.05, 0.1) is 17.6 Å². The van der Waals surface area contributed by atoms with Crippen LogP contribution in [-0.2, 0) is 11.3 Å². The molecule has 1 aromatic carbocycles. The molecule has 0 aliphatic heterocycles. The zero-order valence-corrected chi connectivity index (χ0v) is 15.0. The second-order valence-electron chi connectivity index (χ2n) is 6.68. The Balaban J connectivity index is 1.72. The second kappa shape index (κ2) is 6.31. The molecule has 3 aromatic heterocycles. The van der Waals surface area contributed by atoms with Crippen LogP contribution in [0.2, 0.25) is 0 Å². The van der Waals surface area contributed by atoms with Crippen molar-refractivity contribution in [2.75, 3.05) is 13.2 Å². The molecular weight excluding hydrogens is 346 g/mol. The molecule has 0 atom stereocenters. The third-order valence-corrected chi connectivity index (χ3v) is 4.89. The van der Waals surface area contributed by atoms with E-state index in [1.165, 1.54) is 0 Å². The van der Waals surface area contributed by atoms with Gasteiger partial charge in [0.15, 0.2) is 0 Å². The minimum absolute atomic E-state index is 0.140. The van der Waals surface area contributed by atoms with E-state index in [2.05, 4.69) is 15.1 Å². The fourth-order valence-corrected chi connectivity index (χ4v) is 3.38. The fraction of sp³-hybridized carbons (Fsp3) is 0.368. The van der Waals surface area contributed by atoms with Crippen LogP contribution in [0.15, 0.2) is 39.9 Å². The summed E-state index contributed by atoms with van der Waals surface area (Å²) in [6.07, 6.45) is 3.79. The molecule has 5 rings (SSSR count). The number of benzene rings is 1. The molecule has 8 heteroatoms. The Bertz CT molecular complexity index is 1190. The van der Waals surface area contributed by atoms with Gasteiger partial charge in [0.2, 0.25) is 11.7 Å². The smallest absolute Gasteiger partial charge is 0.277 e. The topological polar surface area (TPSA) is 87.5 Å². The molecule has 27 heavy (non-hydrogen) atoms. The van der Waals surface area contributed by atoms with Crippen LogP contribution in [0.3, 0.4) is 0 Å². The molecule has 0 bridgehead atoms. The SMILES string of the molecule is CCOCCn1c(=O)c2c(-c3noc(C4CC4)n3)ncn2c2ccccc21. The van der Waals surface area contributed by atoms with E-state index in [9.17, 15) is 4.79 Å². The first-order valence-electron chi connectivity index (χ1n) is 9.18. The molecule has 1 aliphatic rings. The van der Waals surface area contributed by atoms with Gasteiger partial charge < -0.3 is 13.8 Å². The molecule has 0 saturated heterocycles. The largest absolute Gasteiger partial charge is 0.380 e. The van der Waals surface area contributed by atoms with Crippen molar-refractivity contribution in [3.05, 3.63) is 46.8 Å². The van der Waals surface area contributed by atoms with Gasteiger partial charge in [-0.15, -0.1) is 0 Å². The summed E-state index contributed by atoms with van der Waals surface area (Å²) in [6.45, 7) is 3.48. The van der Waals surface area contributed by atoms with Crippen LogP contribution < -0.4 is 5.56 Å². The highest BCUT2D eigenvalue weighted by Crippen LogP contribution is 2.39. The number of ether oxygens (including phenoxy) is 1. The van der Waals surface area contributed by atoms with Crippen LogP contribution in [0.25, 0.3) is 28.1 Å². The molecular formula is C19H19N5O3. The number of aromatic nitrogens is 5. The molecule has 0 amide bonds. The minimum atomic E-state index is -0.140. The molecule has 1 saturated carbocycles. The molecule has 1 aliphatic carbocycles. The monoisotopic (exact) mass is 365 g/mol. The van der Waals surface area contributed by atoms with Gasteiger partial charge in [0.1, 0.15) is 17.5 Å². The molecule has 1 fully saturated rings. The van der Waals surface area contributed by atoms with E-state index in [1.54, 1.807) is 15.3 Å². The molecule has 4 aromatic rings. The van der Waals surface area contributed by atoms with Gasteiger partial charge in [-0.3, -0.25) is 9.20 Å². The number of para-hydroxylation sites is 2. The summed E-state index contributed by atoms with van der Waals surface area (Å²) in [7, 11) is 0. The maximum atomic E-state index is 13.3. The normalized spacial score (nSPS) is 14.4. The Kier molecular flexibility index (Phi) is 3.78. The predicted molar refractivity (Wildman–Crippen MR) is 98.7 cm³/mol. The number of rotatable bonds is 6. The molecule has 0 spiro atoms. The highest BCUT2D eigenvalue weighted by Gasteiger charge is 2.30. The third-order valence-electron chi connectivity index (χ3n) is 4.89. The van der Waals surface area contributed by atoms with Gasteiger partial charge in [-0.2, -0.15) is 4.98 Å². The maximum absolute atomic E-state index is 13.3. The summed E-state index contributed by atoms with van der Waals surface area (Å²) >= 11 is 0. The first-order valence-corrected chi connectivity index (χ1v) is 9.18. The lowest BCUT2D eigenvalue weighted by Crippen LogP contribution is -2.25. The Morgan fingerprint density at radius 1 is 1.26 bits per heavy atom. The number of imidazole rings is 1. The predicted octanol–water partition coefficient (Wildman–Crippen LogP) is 2.61. The Labute approximate surface area is 154 Å². The lowest BCUT2D eigenvalue weighted by atomic mass is 10.2. The summed E-state index contributed by atoms with van der Waals surface area (Å²) < 4.78 is 14.4. The van der Waals surface area contributed by atoms with Gasteiger partial charge in [-0.1, -0.05) is 17.3 Å². The fourth-order valence-electron chi connectivity index (χ4n) is 3.38. The van der Waals surface area contributed by atoms with Gasteiger partial charge in [-0.05, 0) is 31.9 Å². The molecule has 3 heterocycles. The van der Waals surface area contributed by atoms with Crippen molar-refractivity contribution in [1.82, 2.24) is 24.1 Å². The molecule has 8 nitrogen and oxygen atoms in total.